The number of benzene rings is 1. The van der Waals surface area contributed by atoms with Gasteiger partial charge < -0.3 is 10.0 Å². The number of hydrogen-bond donors (Lipinski definition) is 2. The summed E-state index contributed by atoms with van der Waals surface area (Å²) in [5.41, 5.74) is 0.562. The van der Waals surface area contributed by atoms with Crippen molar-refractivity contribution in [2.75, 3.05) is 0 Å². The summed E-state index contributed by atoms with van der Waals surface area (Å²) in [4.78, 5) is 0. The predicted molar refractivity (Wildman–Crippen MR) is 50.4 cm³/mol. The van der Waals surface area contributed by atoms with Crippen LogP contribution in [0.1, 0.15) is 24.8 Å². The van der Waals surface area contributed by atoms with E-state index in [1.807, 2.05) is 0 Å². The normalized spacial score (nSPS) is 18.4. The van der Waals surface area contributed by atoms with Gasteiger partial charge in [0.1, 0.15) is 0 Å². The molecule has 0 fully saturated rings. The summed E-state index contributed by atoms with van der Waals surface area (Å²) in [7, 11) is -1.75. The van der Waals surface area contributed by atoms with Crippen LogP contribution in [0, 0.1) is 6.92 Å². The molecule has 0 aliphatic carbocycles. The zero-order chi connectivity index (χ0) is 13.4. The van der Waals surface area contributed by atoms with Gasteiger partial charge in [0.2, 0.25) is 0 Å². The summed E-state index contributed by atoms with van der Waals surface area (Å²) in [5.74, 6) is 0. The van der Waals surface area contributed by atoms with Crippen LogP contribution in [-0.4, -0.2) is 17.2 Å². The fourth-order valence-electron chi connectivity index (χ4n) is 1.03. The summed E-state index contributed by atoms with van der Waals surface area (Å²) in [6.45, 7) is -1.18. The van der Waals surface area contributed by atoms with Gasteiger partial charge in [-0.1, -0.05) is 30.6 Å². The third-order valence-corrected chi connectivity index (χ3v) is 1.54. The number of rotatable bonds is 2. The molecule has 12 heavy (non-hydrogen) atoms. The SMILES string of the molecule is [2H]C([2H])([2H])C([2H])([2H])c1cc(C)cc(B(O)O)c1. The molecule has 0 bridgehead atoms. The molecule has 64 valence electrons. The van der Waals surface area contributed by atoms with Crippen LogP contribution in [0.25, 0.3) is 0 Å². The Bertz CT molecular complexity index is 416. The maximum absolute atomic E-state index is 9.03. The maximum Gasteiger partial charge on any atom is 0.488 e. The van der Waals surface area contributed by atoms with Gasteiger partial charge in [-0.15, -0.1) is 0 Å². The minimum Gasteiger partial charge on any atom is -0.423 e. The fourth-order valence-corrected chi connectivity index (χ4v) is 1.03. The van der Waals surface area contributed by atoms with Crippen LogP contribution < -0.4 is 5.46 Å². The van der Waals surface area contributed by atoms with Gasteiger partial charge >= 0.3 is 7.12 Å². The average molecular weight is 169 g/mol. The van der Waals surface area contributed by atoms with Crippen LogP contribution >= 0.6 is 0 Å². The van der Waals surface area contributed by atoms with Gasteiger partial charge in [-0.05, 0) is 24.3 Å². The first-order valence-corrected chi connectivity index (χ1v) is 3.54. The highest BCUT2D eigenvalue weighted by atomic mass is 16.4. The molecule has 0 aliphatic heterocycles. The van der Waals surface area contributed by atoms with E-state index in [0.29, 0.717) is 5.56 Å². The van der Waals surface area contributed by atoms with E-state index in [2.05, 4.69) is 0 Å². The molecule has 0 spiro atoms. The Morgan fingerprint density at radius 3 is 2.83 bits per heavy atom. The van der Waals surface area contributed by atoms with Gasteiger partial charge in [-0.3, -0.25) is 0 Å². The van der Waals surface area contributed by atoms with Gasteiger partial charge in [0.25, 0.3) is 0 Å². The maximum atomic E-state index is 9.03. The lowest BCUT2D eigenvalue weighted by atomic mass is 9.78. The Morgan fingerprint density at radius 1 is 1.50 bits per heavy atom. The molecule has 1 aromatic carbocycles. The number of hydrogen-bond acceptors (Lipinski definition) is 2. The van der Waals surface area contributed by atoms with Gasteiger partial charge in [0.15, 0.2) is 0 Å². The third kappa shape index (κ3) is 2.09. The molecule has 0 amide bonds. The van der Waals surface area contributed by atoms with Crippen molar-refractivity contribution < 1.29 is 16.9 Å². The van der Waals surface area contributed by atoms with Crippen molar-refractivity contribution in [3.63, 3.8) is 0 Å². The molecular weight excluding hydrogens is 151 g/mol. The lowest BCUT2D eigenvalue weighted by Crippen LogP contribution is -2.30. The molecule has 3 heteroatoms. The van der Waals surface area contributed by atoms with Crippen LogP contribution in [0.5, 0.6) is 0 Å². The van der Waals surface area contributed by atoms with E-state index in [4.69, 9.17) is 16.9 Å². The van der Waals surface area contributed by atoms with Crippen molar-refractivity contribution in [3.05, 3.63) is 29.3 Å². The highest BCUT2D eigenvalue weighted by Gasteiger charge is 2.11. The first-order valence-electron chi connectivity index (χ1n) is 6.04. The lowest BCUT2D eigenvalue weighted by Gasteiger charge is -2.04. The average Bonchev–Trinajstić information content (AvgIpc) is 2.14. The zero-order valence-corrected chi connectivity index (χ0v) is 6.70. The Balaban J connectivity index is 3.32. The molecule has 0 aromatic heterocycles. The fraction of sp³-hybridized carbons (Fsp3) is 0.333. The van der Waals surface area contributed by atoms with Crippen LogP contribution in [0.3, 0.4) is 0 Å². The highest BCUT2D eigenvalue weighted by Crippen LogP contribution is 2.02. The van der Waals surface area contributed by atoms with Crippen molar-refractivity contribution in [2.24, 2.45) is 0 Å². The van der Waals surface area contributed by atoms with Gasteiger partial charge in [0.05, 0.1) is 0 Å². The summed E-state index contributed by atoms with van der Waals surface area (Å²) >= 11 is 0. The van der Waals surface area contributed by atoms with E-state index in [-0.39, 0.29) is 11.0 Å². The van der Waals surface area contributed by atoms with Crippen molar-refractivity contribution in [2.45, 2.75) is 20.1 Å². The minimum absolute atomic E-state index is 0.0770. The molecule has 0 unspecified atom stereocenters. The lowest BCUT2D eigenvalue weighted by molar-refractivity contribution is 0.425. The molecule has 0 heterocycles. The van der Waals surface area contributed by atoms with E-state index < -0.39 is 20.3 Å². The van der Waals surface area contributed by atoms with E-state index >= 15 is 0 Å². The molecule has 2 nitrogen and oxygen atoms in total. The number of aryl methyl sites for hydroxylation is 2. The first-order chi connectivity index (χ1) is 7.55. The monoisotopic (exact) mass is 169 g/mol. The molecule has 2 N–H and O–H groups in total. The quantitative estimate of drug-likeness (QED) is 0.622. The summed E-state index contributed by atoms with van der Waals surface area (Å²) in [5, 5.41) is 18.1. The zero-order valence-electron chi connectivity index (χ0n) is 11.7. The van der Waals surface area contributed by atoms with E-state index in [1.54, 1.807) is 6.92 Å². The Labute approximate surface area is 80.0 Å². The van der Waals surface area contributed by atoms with E-state index in [9.17, 15) is 0 Å². The topological polar surface area (TPSA) is 40.5 Å². The second-order valence-corrected chi connectivity index (χ2v) is 2.63. The van der Waals surface area contributed by atoms with Crippen molar-refractivity contribution in [1.82, 2.24) is 0 Å². The molecule has 0 aliphatic rings. The molecular formula is C9H13BO2. The van der Waals surface area contributed by atoms with Gasteiger partial charge in [-0.2, -0.15) is 0 Å². The Morgan fingerprint density at radius 2 is 2.25 bits per heavy atom. The molecule has 0 saturated heterocycles. The van der Waals surface area contributed by atoms with Crippen LogP contribution in [-0.2, 0) is 6.37 Å². The van der Waals surface area contributed by atoms with E-state index in [0.717, 1.165) is 6.07 Å². The smallest absolute Gasteiger partial charge is 0.423 e. The molecule has 0 saturated carbocycles. The van der Waals surface area contributed by atoms with Crippen molar-refractivity contribution in [1.29, 1.82) is 0 Å². The van der Waals surface area contributed by atoms with Gasteiger partial charge in [-0.25, -0.2) is 0 Å². The van der Waals surface area contributed by atoms with Crippen LogP contribution in [0.15, 0.2) is 18.2 Å². The molecule has 1 rings (SSSR count). The Kier molecular flexibility index (Phi) is 1.38. The summed E-state index contributed by atoms with van der Waals surface area (Å²) in [6.07, 6.45) is -2.53. The Hall–Kier alpha value is -0.795. The standard InChI is InChI=1S/C9H13BO2/c1-3-8-4-7(2)5-9(6-8)10(11)12/h4-6,11-12H,3H2,1-2H3/i1D3,3D2. The van der Waals surface area contributed by atoms with Gasteiger partial charge in [0, 0.05) is 6.85 Å². The summed E-state index contributed by atoms with van der Waals surface area (Å²) in [6, 6.07) is 4.01. The second kappa shape index (κ2) is 3.74. The third-order valence-electron chi connectivity index (χ3n) is 1.54. The van der Waals surface area contributed by atoms with E-state index in [1.165, 1.54) is 12.1 Å². The largest absolute Gasteiger partial charge is 0.488 e. The minimum atomic E-state index is -2.81. The van der Waals surface area contributed by atoms with Crippen LogP contribution in [0.4, 0.5) is 0 Å². The predicted octanol–water partition coefficient (Wildman–Crippen LogP) is 0.237. The molecule has 0 radical (unpaired) electrons. The first kappa shape index (κ1) is 4.44. The second-order valence-electron chi connectivity index (χ2n) is 2.63. The van der Waals surface area contributed by atoms with Crippen molar-refractivity contribution in [3.8, 4) is 0 Å². The molecule has 1 aromatic rings. The van der Waals surface area contributed by atoms with Crippen LogP contribution in [0.2, 0.25) is 0 Å². The molecule has 0 atom stereocenters. The summed E-state index contributed by atoms with van der Waals surface area (Å²) < 4.78 is 36.6. The highest BCUT2D eigenvalue weighted by molar-refractivity contribution is 6.58. The van der Waals surface area contributed by atoms with Crippen molar-refractivity contribution >= 4 is 12.6 Å².